The molecule has 1 saturated carbocycles. The van der Waals surface area contributed by atoms with E-state index in [0.717, 1.165) is 53.8 Å². The molecule has 2 aromatic carbocycles. The molecule has 0 amide bonds. The van der Waals surface area contributed by atoms with Crippen molar-refractivity contribution in [2.45, 2.75) is 32.1 Å². The van der Waals surface area contributed by atoms with Crippen molar-refractivity contribution in [1.29, 1.82) is 0 Å². The quantitative estimate of drug-likeness (QED) is 0.622. The lowest BCUT2D eigenvalue weighted by Crippen LogP contribution is -2.22. The van der Waals surface area contributed by atoms with Gasteiger partial charge in [-0.05, 0) is 42.5 Å². The molecule has 1 atom stereocenters. The molecule has 3 nitrogen and oxygen atoms in total. The second-order valence-electron chi connectivity index (χ2n) is 7.25. The largest absolute Gasteiger partial charge is 0.511 e. The summed E-state index contributed by atoms with van der Waals surface area (Å²) in [6.45, 7) is 2.92. The van der Waals surface area contributed by atoms with Crippen molar-refractivity contribution in [2.75, 3.05) is 11.4 Å². The standard InChI is InChI=1S/C23H21NO2/c1-2-24-18-10-6-3-7-15(18)13-19(24)21-20(22(25)14-11-12-14)16-8-4-5-9-17(16)23(21)26/h3-10,20,25H,2,11-13H2,1H3/b21-19+. The predicted octanol–water partition coefficient (Wildman–Crippen LogP) is 4.91. The van der Waals surface area contributed by atoms with Crippen LogP contribution in [-0.2, 0) is 6.42 Å². The Bertz CT molecular complexity index is 993. The van der Waals surface area contributed by atoms with Crippen LogP contribution in [0.5, 0.6) is 0 Å². The van der Waals surface area contributed by atoms with Crippen molar-refractivity contribution in [2.24, 2.45) is 0 Å². The second-order valence-corrected chi connectivity index (χ2v) is 7.25. The number of anilines is 1. The van der Waals surface area contributed by atoms with E-state index in [9.17, 15) is 9.90 Å². The Morgan fingerprint density at radius 2 is 1.85 bits per heavy atom. The van der Waals surface area contributed by atoms with Crippen molar-refractivity contribution in [3.63, 3.8) is 0 Å². The van der Waals surface area contributed by atoms with Crippen LogP contribution in [0.3, 0.4) is 0 Å². The van der Waals surface area contributed by atoms with Crippen molar-refractivity contribution in [3.05, 3.63) is 87.8 Å². The number of aliphatic hydroxyl groups excluding tert-OH is 1. The maximum atomic E-state index is 13.3. The van der Waals surface area contributed by atoms with Gasteiger partial charge in [0.25, 0.3) is 0 Å². The summed E-state index contributed by atoms with van der Waals surface area (Å²) >= 11 is 0. The first-order valence-corrected chi connectivity index (χ1v) is 9.33. The van der Waals surface area contributed by atoms with Crippen LogP contribution in [0.4, 0.5) is 5.69 Å². The van der Waals surface area contributed by atoms with Crippen LogP contribution < -0.4 is 4.90 Å². The van der Waals surface area contributed by atoms with Gasteiger partial charge < -0.3 is 10.0 Å². The highest BCUT2D eigenvalue weighted by molar-refractivity contribution is 6.16. The highest BCUT2D eigenvalue weighted by Gasteiger charge is 2.43. The predicted molar refractivity (Wildman–Crippen MR) is 103 cm³/mol. The molecule has 0 spiro atoms. The minimum absolute atomic E-state index is 0.0691. The number of rotatable bonds is 2. The van der Waals surface area contributed by atoms with E-state index in [-0.39, 0.29) is 11.7 Å². The van der Waals surface area contributed by atoms with Crippen LogP contribution in [-0.4, -0.2) is 17.4 Å². The summed E-state index contributed by atoms with van der Waals surface area (Å²) in [5.74, 6) is 0.159. The molecule has 26 heavy (non-hydrogen) atoms. The second kappa shape index (κ2) is 5.60. The first-order valence-electron chi connectivity index (χ1n) is 9.33. The summed E-state index contributed by atoms with van der Waals surface area (Å²) in [5.41, 5.74) is 7.02. The lowest BCUT2D eigenvalue weighted by atomic mass is 9.92. The Morgan fingerprint density at radius 1 is 1.12 bits per heavy atom. The summed E-state index contributed by atoms with van der Waals surface area (Å²) in [7, 11) is 0. The van der Waals surface area contributed by atoms with E-state index >= 15 is 0 Å². The number of carbonyl (C=O) groups excluding carboxylic acids is 1. The molecular weight excluding hydrogens is 322 g/mol. The van der Waals surface area contributed by atoms with Crippen LogP contribution in [0, 0.1) is 0 Å². The van der Waals surface area contributed by atoms with Crippen LogP contribution in [0.1, 0.15) is 47.2 Å². The SMILES string of the molecule is CCN1/C(=C2/C(=O)c3ccccc3C2C(O)=C2CC2)Cc2ccccc21. The number of para-hydroxylation sites is 1. The number of Topliss-reactive ketones (excluding diaryl/α,β-unsaturated/α-hetero) is 1. The minimum Gasteiger partial charge on any atom is -0.511 e. The summed E-state index contributed by atoms with van der Waals surface area (Å²) in [6.07, 6.45) is 2.64. The Balaban J connectivity index is 1.74. The molecule has 1 aliphatic heterocycles. The van der Waals surface area contributed by atoms with E-state index < -0.39 is 0 Å². The summed E-state index contributed by atoms with van der Waals surface area (Å²) in [4.78, 5) is 15.6. The lowest BCUT2D eigenvalue weighted by molar-refractivity contribution is 0.103. The average Bonchev–Trinajstić information content (AvgIpc) is 3.39. The summed E-state index contributed by atoms with van der Waals surface area (Å²) in [5, 5.41) is 10.9. The first-order chi connectivity index (χ1) is 12.7. The third-order valence-corrected chi connectivity index (χ3v) is 5.78. The molecule has 5 rings (SSSR count). The monoisotopic (exact) mass is 343 g/mol. The van der Waals surface area contributed by atoms with Gasteiger partial charge in [-0.25, -0.2) is 0 Å². The Labute approximate surface area is 153 Å². The highest BCUT2D eigenvalue weighted by atomic mass is 16.3. The summed E-state index contributed by atoms with van der Waals surface area (Å²) in [6, 6.07) is 16.1. The zero-order valence-corrected chi connectivity index (χ0v) is 14.8. The Hall–Kier alpha value is -2.81. The molecule has 1 heterocycles. The minimum atomic E-state index is -0.311. The van der Waals surface area contributed by atoms with Crippen molar-refractivity contribution >= 4 is 11.5 Å². The average molecular weight is 343 g/mol. The van der Waals surface area contributed by atoms with Crippen LogP contribution in [0.15, 0.2) is 71.1 Å². The first kappa shape index (κ1) is 15.4. The van der Waals surface area contributed by atoms with Gasteiger partial charge in [0.15, 0.2) is 5.78 Å². The molecule has 130 valence electrons. The molecule has 1 N–H and O–H groups in total. The molecule has 0 bridgehead atoms. The lowest BCUT2D eigenvalue weighted by Gasteiger charge is -2.23. The van der Waals surface area contributed by atoms with Gasteiger partial charge >= 0.3 is 0 Å². The number of aliphatic hydroxyl groups is 1. The smallest absolute Gasteiger partial charge is 0.192 e. The topological polar surface area (TPSA) is 40.5 Å². The number of allylic oxidation sites excluding steroid dienone is 3. The number of carbonyl (C=O) groups is 1. The maximum absolute atomic E-state index is 13.3. The van der Waals surface area contributed by atoms with Gasteiger partial charge in [0.1, 0.15) is 5.76 Å². The van der Waals surface area contributed by atoms with Gasteiger partial charge in [-0.2, -0.15) is 0 Å². The zero-order valence-electron chi connectivity index (χ0n) is 14.8. The van der Waals surface area contributed by atoms with Crippen LogP contribution in [0.2, 0.25) is 0 Å². The van der Waals surface area contributed by atoms with E-state index in [1.54, 1.807) is 0 Å². The van der Waals surface area contributed by atoms with Gasteiger partial charge in [0.2, 0.25) is 0 Å². The molecule has 2 aromatic rings. The van der Waals surface area contributed by atoms with Crippen molar-refractivity contribution < 1.29 is 9.90 Å². The molecule has 0 radical (unpaired) electrons. The fourth-order valence-corrected chi connectivity index (χ4v) is 4.44. The normalized spacial score (nSPS) is 23.3. The van der Waals surface area contributed by atoms with E-state index in [0.29, 0.717) is 5.76 Å². The number of hydrogen-bond acceptors (Lipinski definition) is 3. The van der Waals surface area contributed by atoms with E-state index in [2.05, 4.69) is 24.0 Å². The van der Waals surface area contributed by atoms with Crippen molar-refractivity contribution in [1.82, 2.24) is 0 Å². The van der Waals surface area contributed by atoms with E-state index in [1.165, 1.54) is 11.3 Å². The van der Waals surface area contributed by atoms with E-state index in [1.807, 2.05) is 36.4 Å². The van der Waals surface area contributed by atoms with Crippen molar-refractivity contribution in [3.8, 4) is 0 Å². The molecule has 0 saturated heterocycles. The third-order valence-electron chi connectivity index (χ3n) is 5.78. The molecule has 1 fully saturated rings. The third kappa shape index (κ3) is 2.10. The van der Waals surface area contributed by atoms with Gasteiger partial charge in [0, 0.05) is 35.5 Å². The molecular formula is C23H21NO2. The zero-order chi connectivity index (χ0) is 17.8. The fraction of sp³-hybridized carbons (Fsp3) is 0.261. The Kier molecular flexibility index (Phi) is 3.33. The van der Waals surface area contributed by atoms with Crippen LogP contribution >= 0.6 is 0 Å². The molecule has 0 aromatic heterocycles. The number of benzene rings is 2. The van der Waals surface area contributed by atoms with Crippen LogP contribution in [0.25, 0.3) is 0 Å². The van der Waals surface area contributed by atoms with E-state index in [4.69, 9.17) is 0 Å². The highest BCUT2D eigenvalue weighted by Crippen LogP contribution is 2.49. The molecule has 3 heteroatoms. The number of likely N-dealkylation sites (N-methyl/N-ethyl adjacent to an activating group) is 1. The number of hydrogen-bond donors (Lipinski definition) is 1. The Morgan fingerprint density at radius 3 is 2.62 bits per heavy atom. The molecule has 2 aliphatic carbocycles. The number of ketones is 1. The van der Waals surface area contributed by atoms with Gasteiger partial charge in [0.05, 0.1) is 5.92 Å². The number of nitrogens with zero attached hydrogens (tertiary/aromatic N) is 1. The fourth-order valence-electron chi connectivity index (χ4n) is 4.44. The van der Waals surface area contributed by atoms with Gasteiger partial charge in [-0.15, -0.1) is 0 Å². The molecule has 1 unspecified atom stereocenters. The molecule has 3 aliphatic rings. The summed E-state index contributed by atoms with van der Waals surface area (Å²) < 4.78 is 0. The maximum Gasteiger partial charge on any atom is 0.192 e. The van der Waals surface area contributed by atoms with Gasteiger partial charge in [-0.1, -0.05) is 42.5 Å². The van der Waals surface area contributed by atoms with Gasteiger partial charge in [-0.3, -0.25) is 4.79 Å². The number of fused-ring (bicyclic) bond motifs is 2.